The van der Waals surface area contributed by atoms with Crippen molar-refractivity contribution in [3.8, 4) is 55.6 Å². The third-order valence-corrected chi connectivity index (χ3v) is 17.1. The molecular formula is C73H62O2. The van der Waals surface area contributed by atoms with Gasteiger partial charge in [-0.3, -0.25) is 0 Å². The fourth-order valence-electron chi connectivity index (χ4n) is 13.1. The predicted octanol–water partition coefficient (Wildman–Crippen LogP) is 20.3. The number of fused-ring (bicyclic) bond motifs is 17. The van der Waals surface area contributed by atoms with Crippen LogP contribution >= 0.6 is 0 Å². The minimum absolute atomic E-state index is 0.00896. The molecule has 366 valence electrons. The van der Waals surface area contributed by atoms with Crippen LogP contribution in [0.4, 0.5) is 0 Å². The van der Waals surface area contributed by atoms with Gasteiger partial charge in [-0.05, 0) is 153 Å². The maximum Gasteiger partial charge on any atom is 0.143 e. The van der Waals surface area contributed by atoms with Crippen LogP contribution in [-0.4, -0.2) is 0 Å². The number of rotatable bonds is 2. The van der Waals surface area contributed by atoms with Crippen LogP contribution in [0.3, 0.4) is 0 Å². The van der Waals surface area contributed by atoms with Crippen LogP contribution in [0.15, 0.2) is 203 Å². The first-order valence-electron chi connectivity index (χ1n) is 26.6. The Bertz CT molecular complexity index is 4300. The molecule has 2 heterocycles. The highest BCUT2D eigenvalue weighted by molar-refractivity contribution is 6.19. The molecule has 3 aliphatic rings. The first-order valence-corrected chi connectivity index (χ1v) is 26.6. The summed E-state index contributed by atoms with van der Waals surface area (Å²) < 4.78 is 12.8. The minimum Gasteiger partial charge on any atom is -0.456 e. The Hall–Kier alpha value is -8.20. The second kappa shape index (κ2) is 16.9. The van der Waals surface area contributed by atoms with E-state index < -0.39 is 0 Å². The Labute approximate surface area is 441 Å². The smallest absolute Gasteiger partial charge is 0.143 e. The van der Waals surface area contributed by atoms with Crippen LogP contribution < -0.4 is 0 Å². The lowest BCUT2D eigenvalue weighted by Crippen LogP contribution is -2.17. The van der Waals surface area contributed by atoms with Crippen molar-refractivity contribution in [3.63, 3.8) is 0 Å². The fourth-order valence-corrected chi connectivity index (χ4v) is 13.1. The first-order chi connectivity index (χ1) is 36.1. The van der Waals surface area contributed by atoms with Gasteiger partial charge in [0.05, 0.1) is 0 Å². The monoisotopic (exact) mass is 970 g/mol. The highest BCUT2D eigenvalue weighted by atomic mass is 16.3. The minimum atomic E-state index is -0.0537. The number of para-hydroxylation sites is 2. The molecule has 0 saturated carbocycles. The van der Waals surface area contributed by atoms with E-state index in [2.05, 4.69) is 257 Å². The first kappa shape index (κ1) is 46.6. The summed E-state index contributed by atoms with van der Waals surface area (Å²) in [5.74, 6) is 0. The van der Waals surface area contributed by atoms with Crippen LogP contribution in [0.2, 0.25) is 0 Å². The molecule has 2 heteroatoms. The Morgan fingerprint density at radius 3 is 1.53 bits per heavy atom. The zero-order valence-corrected chi connectivity index (χ0v) is 44.8. The van der Waals surface area contributed by atoms with Crippen molar-refractivity contribution in [2.45, 2.75) is 85.5 Å². The van der Waals surface area contributed by atoms with Gasteiger partial charge in [-0.15, -0.1) is 0 Å². The van der Waals surface area contributed by atoms with E-state index in [-0.39, 0.29) is 16.2 Å². The zero-order valence-electron chi connectivity index (χ0n) is 44.8. The molecule has 3 aliphatic carbocycles. The van der Waals surface area contributed by atoms with Crippen LogP contribution in [-0.2, 0) is 16.2 Å². The summed E-state index contributed by atoms with van der Waals surface area (Å²) in [7, 11) is 0. The number of hydrogen-bond donors (Lipinski definition) is 0. The Balaban J connectivity index is 0.000000117. The molecule has 10 aromatic carbocycles. The van der Waals surface area contributed by atoms with Gasteiger partial charge < -0.3 is 8.83 Å². The summed E-state index contributed by atoms with van der Waals surface area (Å²) in [6.07, 6.45) is 0. The summed E-state index contributed by atoms with van der Waals surface area (Å²) in [5, 5.41) is 4.91. The van der Waals surface area contributed by atoms with Crippen LogP contribution in [0.5, 0.6) is 0 Å². The molecule has 2 aromatic heterocycles. The highest BCUT2D eigenvalue weighted by Gasteiger charge is 2.43. The average molecular weight is 971 g/mol. The second-order valence-electron chi connectivity index (χ2n) is 23.1. The average Bonchev–Trinajstić information content (AvgIpc) is 4.27. The van der Waals surface area contributed by atoms with Crippen molar-refractivity contribution in [1.29, 1.82) is 0 Å². The zero-order chi connectivity index (χ0) is 51.7. The van der Waals surface area contributed by atoms with E-state index in [0.717, 1.165) is 22.3 Å². The highest BCUT2D eigenvalue weighted by Crippen LogP contribution is 2.59. The van der Waals surface area contributed by atoms with E-state index in [1.807, 2.05) is 6.07 Å². The summed E-state index contributed by atoms with van der Waals surface area (Å²) in [6, 6.07) is 70.2. The van der Waals surface area contributed by atoms with Gasteiger partial charge in [-0.25, -0.2) is 0 Å². The van der Waals surface area contributed by atoms with Crippen LogP contribution in [0.1, 0.15) is 97.2 Å². The Morgan fingerprint density at radius 1 is 0.293 bits per heavy atom. The van der Waals surface area contributed by atoms with E-state index in [1.165, 1.54) is 133 Å². The Morgan fingerprint density at radius 2 is 0.813 bits per heavy atom. The van der Waals surface area contributed by atoms with Crippen molar-refractivity contribution in [3.05, 3.63) is 250 Å². The lowest BCUT2D eigenvalue weighted by Gasteiger charge is -2.24. The summed E-state index contributed by atoms with van der Waals surface area (Å²) in [4.78, 5) is 0. The summed E-state index contributed by atoms with van der Waals surface area (Å²) >= 11 is 0. The van der Waals surface area contributed by atoms with Crippen molar-refractivity contribution in [2.24, 2.45) is 0 Å². The fraction of sp³-hybridized carbons (Fsp3) is 0.178. The molecule has 0 spiro atoms. The molecular weight excluding hydrogens is 909 g/mol. The van der Waals surface area contributed by atoms with Gasteiger partial charge in [-0.2, -0.15) is 0 Å². The molecule has 0 N–H and O–H groups in total. The molecule has 0 radical (unpaired) electrons. The number of hydrogen-bond acceptors (Lipinski definition) is 2. The molecule has 0 aliphatic heterocycles. The standard InChI is InChI=1S/C31H26O.C29H24O.C13H12/c1-17-10-11-18-20-15-25-21(16-24(20)31(4,5)23(18)14-17)28-22(30(25,2)3)12-13-27-29(28)19-8-6-7-9-26(19)32-27;1-17-8-7-9-19(14-17)22-16-24-26(20-13-12-18(2)15-23(20)29(24,3)4)27-21-10-5-6-11-25(21)30-28(22)27;1-11-7-5-6-10-13(11)12-8-3-2-4-9-12/h6-16H,1-5H3;5-16H,1-4H3;2-10H,1H3. The molecule has 0 bridgehead atoms. The Kier molecular flexibility index (Phi) is 10.5. The summed E-state index contributed by atoms with van der Waals surface area (Å²) in [6.45, 7) is 22.9. The van der Waals surface area contributed by atoms with Gasteiger partial charge >= 0.3 is 0 Å². The van der Waals surface area contributed by atoms with Gasteiger partial charge in [-0.1, -0.05) is 216 Å². The molecule has 0 amide bonds. The summed E-state index contributed by atoms with van der Waals surface area (Å²) in [5.41, 5.74) is 30.7. The van der Waals surface area contributed by atoms with Crippen molar-refractivity contribution >= 4 is 43.9 Å². The van der Waals surface area contributed by atoms with E-state index >= 15 is 0 Å². The molecule has 0 saturated heterocycles. The van der Waals surface area contributed by atoms with E-state index in [4.69, 9.17) is 8.83 Å². The third kappa shape index (κ3) is 7.13. The van der Waals surface area contributed by atoms with E-state index in [0.29, 0.717) is 0 Å². The normalized spacial score (nSPS) is 14.6. The second-order valence-corrected chi connectivity index (χ2v) is 23.1. The van der Waals surface area contributed by atoms with E-state index in [9.17, 15) is 0 Å². The van der Waals surface area contributed by atoms with Crippen LogP contribution in [0, 0.1) is 27.7 Å². The largest absolute Gasteiger partial charge is 0.456 e. The van der Waals surface area contributed by atoms with Gasteiger partial charge in [0.2, 0.25) is 0 Å². The lowest BCUT2D eigenvalue weighted by atomic mass is 9.79. The van der Waals surface area contributed by atoms with E-state index in [1.54, 1.807) is 0 Å². The maximum absolute atomic E-state index is 6.51. The van der Waals surface area contributed by atoms with Crippen molar-refractivity contribution < 1.29 is 8.83 Å². The lowest BCUT2D eigenvalue weighted by molar-refractivity contribution is 0.650. The number of furan rings is 2. The van der Waals surface area contributed by atoms with Gasteiger partial charge in [0.25, 0.3) is 0 Å². The molecule has 0 atom stereocenters. The maximum atomic E-state index is 6.51. The topological polar surface area (TPSA) is 26.3 Å². The predicted molar refractivity (Wildman–Crippen MR) is 316 cm³/mol. The SMILES string of the molecule is Cc1ccc2c(c1)C(C)(C)c1cc3c(cc1-2)C(C)(C)c1ccc2oc4ccccc4c2c1-3.Cc1cccc(-c2cc3c(c4c2oc2ccccc24)-c2ccc(C)cc2C3(C)C)c1.Cc1ccccc1-c1ccccc1. The molecule has 75 heavy (non-hydrogen) atoms. The molecule has 0 unspecified atom stereocenters. The van der Waals surface area contributed by atoms with Crippen LogP contribution in [0.25, 0.3) is 99.5 Å². The molecule has 2 nitrogen and oxygen atoms in total. The van der Waals surface area contributed by atoms with Crippen molar-refractivity contribution in [1.82, 2.24) is 0 Å². The van der Waals surface area contributed by atoms with Gasteiger partial charge in [0, 0.05) is 43.4 Å². The molecule has 0 fully saturated rings. The van der Waals surface area contributed by atoms with Gasteiger partial charge in [0.1, 0.15) is 22.3 Å². The molecule has 12 aromatic rings. The molecule has 15 rings (SSSR count). The quantitative estimate of drug-likeness (QED) is 0.173. The van der Waals surface area contributed by atoms with Crippen molar-refractivity contribution in [2.75, 3.05) is 0 Å². The van der Waals surface area contributed by atoms with Gasteiger partial charge in [0.15, 0.2) is 0 Å². The third-order valence-electron chi connectivity index (χ3n) is 17.1. The number of aryl methyl sites for hydroxylation is 4. The number of benzene rings is 10.